The lowest BCUT2D eigenvalue weighted by Gasteiger charge is -2.28. The normalized spacial score (nSPS) is 11.9. The van der Waals surface area contributed by atoms with Crippen molar-refractivity contribution in [2.24, 2.45) is 0 Å². The smallest absolute Gasteiger partial charge is 0.349 e. The number of esters is 1. The molecule has 0 heterocycles. The quantitative estimate of drug-likeness (QED) is 0.0586. The topological polar surface area (TPSA) is 366 Å². The van der Waals surface area contributed by atoms with E-state index >= 15 is 0 Å². The van der Waals surface area contributed by atoms with E-state index in [1.54, 1.807) is 7.05 Å². The number of aliphatic hydroxyl groups is 1. The summed E-state index contributed by atoms with van der Waals surface area (Å²) in [5.41, 5.74) is -5.46. The van der Waals surface area contributed by atoms with E-state index in [9.17, 15) is 47.9 Å². The molecule has 21 nitrogen and oxygen atoms in total. The van der Waals surface area contributed by atoms with Crippen LogP contribution in [0.2, 0.25) is 0 Å². The van der Waals surface area contributed by atoms with Gasteiger partial charge in [-0.3, -0.25) is 28.8 Å². The summed E-state index contributed by atoms with van der Waals surface area (Å²) in [6, 6.07) is -1.67. The number of ether oxygens (including phenoxy) is 1. The SMILES string of the molecule is CNC(CCC(C)=O)C(=O)O.CNC(CCC(C)=O)C(=O)OC(CC(=O)O)(CC(=O)O)C(=O)O.O=C(O)CC(O)(CC(=O)O)C(=O)O. The third-order valence-electron chi connectivity index (χ3n) is 5.69. The van der Waals surface area contributed by atoms with Gasteiger partial charge in [-0.05, 0) is 40.8 Å². The number of hydrogen-bond donors (Lipinski definition) is 10. The summed E-state index contributed by atoms with van der Waals surface area (Å²) in [5, 5.41) is 74.2. The Morgan fingerprint density at radius 1 is 0.574 bits per heavy atom. The molecule has 0 spiro atoms. The third kappa shape index (κ3) is 21.4. The van der Waals surface area contributed by atoms with Gasteiger partial charge in [0.25, 0.3) is 0 Å². The first-order valence-corrected chi connectivity index (χ1v) is 13.2. The molecule has 0 saturated carbocycles. The van der Waals surface area contributed by atoms with Gasteiger partial charge in [0, 0.05) is 12.8 Å². The van der Waals surface area contributed by atoms with Crippen LogP contribution in [-0.4, -0.2) is 138 Å². The second-order valence-electron chi connectivity index (χ2n) is 9.84. The number of Topliss-reactive ketones (excluding diaryl/α,β-unsaturated/α-hetero) is 2. The summed E-state index contributed by atoms with van der Waals surface area (Å²) in [7, 11) is 2.93. The van der Waals surface area contributed by atoms with Crippen LogP contribution < -0.4 is 10.6 Å². The molecule has 21 heteroatoms. The number of rotatable bonds is 21. The van der Waals surface area contributed by atoms with E-state index in [1.165, 1.54) is 20.9 Å². The molecule has 0 aliphatic carbocycles. The largest absolute Gasteiger partial charge is 0.481 e. The minimum atomic E-state index is -2.74. The zero-order valence-electron chi connectivity index (χ0n) is 25.9. The van der Waals surface area contributed by atoms with Crippen molar-refractivity contribution in [3.63, 3.8) is 0 Å². The average Bonchev–Trinajstić information content (AvgIpc) is 2.87. The summed E-state index contributed by atoms with van der Waals surface area (Å²) in [4.78, 5) is 107. The van der Waals surface area contributed by atoms with Gasteiger partial charge in [-0.1, -0.05) is 0 Å². The van der Waals surface area contributed by atoms with Crippen LogP contribution in [0.25, 0.3) is 0 Å². The summed E-state index contributed by atoms with van der Waals surface area (Å²) < 4.78 is 4.73. The van der Waals surface area contributed by atoms with Crippen LogP contribution in [0.1, 0.15) is 65.2 Å². The van der Waals surface area contributed by atoms with Crippen molar-refractivity contribution in [3.8, 4) is 0 Å². The molecule has 10 N–H and O–H groups in total. The molecule has 268 valence electrons. The van der Waals surface area contributed by atoms with Crippen LogP contribution in [-0.2, 0) is 52.7 Å². The highest BCUT2D eigenvalue weighted by Gasteiger charge is 2.48. The molecular formula is C26H40N2O19. The number of likely N-dealkylation sites (N-methyl/N-ethyl adjacent to an activating group) is 2. The highest BCUT2D eigenvalue weighted by atomic mass is 16.6. The summed E-state index contributed by atoms with van der Waals surface area (Å²) in [5.74, 6) is -12.4. The monoisotopic (exact) mass is 684 g/mol. The van der Waals surface area contributed by atoms with Gasteiger partial charge in [0.2, 0.25) is 5.60 Å². The van der Waals surface area contributed by atoms with E-state index < -0.39 is 96.7 Å². The summed E-state index contributed by atoms with van der Waals surface area (Å²) in [6.45, 7) is 2.75. The highest BCUT2D eigenvalue weighted by Crippen LogP contribution is 2.23. The van der Waals surface area contributed by atoms with Gasteiger partial charge in [0.15, 0.2) is 5.60 Å². The van der Waals surface area contributed by atoms with Crippen molar-refractivity contribution < 1.29 is 93.5 Å². The van der Waals surface area contributed by atoms with Crippen LogP contribution in [0.5, 0.6) is 0 Å². The zero-order chi connectivity index (χ0) is 37.7. The number of hydrogen-bond acceptors (Lipinski definition) is 14. The van der Waals surface area contributed by atoms with Crippen molar-refractivity contribution in [1.29, 1.82) is 0 Å². The predicted molar refractivity (Wildman–Crippen MR) is 151 cm³/mol. The first-order valence-electron chi connectivity index (χ1n) is 13.2. The first kappa shape index (κ1) is 46.4. The lowest BCUT2D eigenvalue weighted by atomic mass is 9.95. The van der Waals surface area contributed by atoms with Crippen molar-refractivity contribution in [3.05, 3.63) is 0 Å². The van der Waals surface area contributed by atoms with E-state index in [0.29, 0.717) is 12.8 Å². The van der Waals surface area contributed by atoms with Crippen molar-refractivity contribution in [1.82, 2.24) is 10.6 Å². The Bertz CT molecular complexity index is 1130. The molecule has 2 atom stereocenters. The second-order valence-corrected chi connectivity index (χ2v) is 9.84. The Morgan fingerprint density at radius 2 is 0.915 bits per heavy atom. The lowest BCUT2D eigenvalue weighted by Crippen LogP contribution is -2.50. The Hall–Kier alpha value is -5.02. The molecule has 0 amide bonds. The van der Waals surface area contributed by atoms with Gasteiger partial charge in [0.1, 0.15) is 23.7 Å². The minimum absolute atomic E-state index is 0.000505. The molecule has 0 aromatic heterocycles. The molecule has 0 aromatic rings. The second kappa shape index (κ2) is 22.5. The van der Waals surface area contributed by atoms with Gasteiger partial charge in [0.05, 0.1) is 25.7 Å². The maximum atomic E-state index is 12.0. The van der Waals surface area contributed by atoms with Crippen molar-refractivity contribution >= 4 is 59.3 Å². The molecular weight excluding hydrogens is 644 g/mol. The van der Waals surface area contributed by atoms with Crippen LogP contribution in [0.3, 0.4) is 0 Å². The van der Waals surface area contributed by atoms with Gasteiger partial charge in [-0.2, -0.15) is 0 Å². The Kier molecular flexibility index (Phi) is 22.2. The fourth-order valence-electron chi connectivity index (χ4n) is 3.26. The van der Waals surface area contributed by atoms with Crippen molar-refractivity contribution in [2.75, 3.05) is 14.1 Å². The molecule has 2 unspecified atom stereocenters. The third-order valence-corrected chi connectivity index (χ3v) is 5.69. The Labute approximate surface area is 266 Å². The molecule has 0 rings (SSSR count). The number of carboxylic acid groups (broad SMARTS) is 7. The van der Waals surface area contributed by atoms with E-state index in [1.807, 2.05) is 0 Å². The van der Waals surface area contributed by atoms with Crippen LogP contribution in [0.4, 0.5) is 0 Å². The molecule has 47 heavy (non-hydrogen) atoms. The van der Waals surface area contributed by atoms with Gasteiger partial charge >= 0.3 is 47.8 Å². The predicted octanol–water partition coefficient (Wildman–Crippen LogP) is -1.96. The van der Waals surface area contributed by atoms with Crippen LogP contribution >= 0.6 is 0 Å². The molecule has 0 aliphatic rings. The number of carbonyl (C=O) groups excluding carboxylic acids is 3. The standard InChI is InChI=1S/C13H19NO9.C7H13NO3.C6H8O7/c1-7(15)3-4-8(14-2)11(20)23-13(12(21)22,5-9(16)17)6-10(18)19;1-5(9)3-4-6(8-2)7(10)11;7-3(8)1-6(13,5(11)12)2-4(9)10/h8,14H,3-6H2,1-2H3,(H,16,17)(H,18,19)(H,21,22);6,8H,3-4H2,1-2H3,(H,10,11);13H,1-2H2,(H,7,8)(H,9,10)(H,11,12). The maximum Gasteiger partial charge on any atom is 0.349 e. The van der Waals surface area contributed by atoms with Gasteiger partial charge in [-0.25, -0.2) is 9.59 Å². The van der Waals surface area contributed by atoms with E-state index in [2.05, 4.69) is 10.6 Å². The van der Waals surface area contributed by atoms with Crippen molar-refractivity contribution in [2.45, 2.75) is 88.5 Å². The lowest BCUT2D eigenvalue weighted by molar-refractivity contribution is -0.187. The molecule has 0 aromatic carbocycles. The van der Waals surface area contributed by atoms with E-state index in [0.717, 1.165) is 0 Å². The fourth-order valence-corrected chi connectivity index (χ4v) is 3.26. The summed E-state index contributed by atoms with van der Waals surface area (Å²) in [6.07, 6.45) is -4.01. The molecule has 0 radical (unpaired) electrons. The maximum absolute atomic E-state index is 12.0. The van der Waals surface area contributed by atoms with E-state index in [4.69, 9.17) is 45.6 Å². The van der Waals surface area contributed by atoms with Gasteiger partial charge < -0.3 is 65.8 Å². The highest BCUT2D eigenvalue weighted by molar-refractivity contribution is 5.92. The molecule has 0 fully saturated rings. The molecule has 0 bridgehead atoms. The van der Waals surface area contributed by atoms with E-state index in [-0.39, 0.29) is 24.4 Å². The number of carboxylic acids is 7. The Balaban J connectivity index is -0.000000681. The number of ketones is 2. The van der Waals surface area contributed by atoms with Gasteiger partial charge in [-0.15, -0.1) is 0 Å². The minimum Gasteiger partial charge on any atom is -0.481 e. The molecule has 0 aliphatic heterocycles. The zero-order valence-corrected chi connectivity index (χ0v) is 25.9. The average molecular weight is 685 g/mol. The number of aliphatic carboxylic acids is 7. The van der Waals surface area contributed by atoms with Crippen LogP contribution in [0.15, 0.2) is 0 Å². The number of carbonyl (C=O) groups is 10. The first-order chi connectivity index (χ1) is 21.4. The molecule has 0 saturated heterocycles. The number of nitrogens with one attached hydrogen (secondary N) is 2. The summed E-state index contributed by atoms with van der Waals surface area (Å²) >= 11 is 0. The fraction of sp³-hybridized carbons (Fsp3) is 0.615. The Morgan fingerprint density at radius 3 is 1.15 bits per heavy atom. The van der Waals surface area contributed by atoms with Crippen LogP contribution in [0, 0.1) is 0 Å².